The summed E-state index contributed by atoms with van der Waals surface area (Å²) in [6.07, 6.45) is -0.679. The molecule has 0 aromatic heterocycles. The van der Waals surface area contributed by atoms with E-state index < -0.39 is 33.6 Å². The number of aliphatic hydroxyl groups excluding tert-OH is 1. The zero-order chi connectivity index (χ0) is 9.99. The van der Waals surface area contributed by atoms with Gasteiger partial charge in [0.05, 0.1) is 0 Å². The van der Waals surface area contributed by atoms with Gasteiger partial charge >= 0.3 is 37.2 Å². The van der Waals surface area contributed by atoms with Crippen LogP contribution in [0.5, 0.6) is 0 Å². The second-order valence-corrected chi connectivity index (χ2v) is 6.11. The Labute approximate surface area is 96.8 Å². The van der Waals surface area contributed by atoms with Crippen molar-refractivity contribution in [2.75, 3.05) is 6.61 Å². The van der Waals surface area contributed by atoms with Crippen molar-refractivity contribution in [1.29, 1.82) is 0 Å². The zero-order valence-corrected chi connectivity index (χ0v) is 10.7. The number of hydrogen-bond donors (Lipinski definition) is 4. The standard InChI is InChI=1S/C3H10O7P2.Na/c4-2-1-3(11(5,6)7)12(8,9)10;/h3-4H,1-2H2,(H2,5,6,7)(H2,8,9,10);/q;+1/p-1. The van der Waals surface area contributed by atoms with Crippen LogP contribution in [0.15, 0.2) is 0 Å². The number of hydrogen-bond acceptors (Lipinski definition) is 4. The minimum Gasteiger partial charge on any atom is -0.778 e. The molecule has 0 aromatic carbocycles. The molecule has 0 aliphatic heterocycles. The molecule has 4 N–H and O–H groups in total. The van der Waals surface area contributed by atoms with Crippen molar-refractivity contribution < 1.29 is 63.4 Å². The van der Waals surface area contributed by atoms with Crippen LogP contribution in [0.1, 0.15) is 6.42 Å². The Balaban J connectivity index is 0. The second-order valence-electron chi connectivity index (χ2n) is 2.15. The smallest absolute Gasteiger partial charge is 0.778 e. The molecule has 2 atom stereocenters. The van der Waals surface area contributed by atoms with E-state index in [9.17, 15) is 14.0 Å². The molecular formula is C3H9NaO7P2. The molecule has 10 heteroatoms. The van der Waals surface area contributed by atoms with Crippen LogP contribution in [0.3, 0.4) is 0 Å². The third kappa shape index (κ3) is 6.36. The molecular weight excluding hydrogens is 233 g/mol. The fourth-order valence-electron chi connectivity index (χ4n) is 0.637. The summed E-state index contributed by atoms with van der Waals surface area (Å²) in [6.45, 7) is -0.720. The summed E-state index contributed by atoms with van der Waals surface area (Å²) < 4.78 is 20.8. The van der Waals surface area contributed by atoms with Gasteiger partial charge in [-0.2, -0.15) is 0 Å². The van der Waals surface area contributed by atoms with Crippen LogP contribution >= 0.6 is 15.2 Å². The first kappa shape index (κ1) is 16.7. The van der Waals surface area contributed by atoms with Gasteiger partial charge in [-0.15, -0.1) is 0 Å². The minimum absolute atomic E-state index is 0. The molecule has 0 aromatic rings. The molecule has 0 saturated carbocycles. The van der Waals surface area contributed by atoms with Crippen LogP contribution < -0.4 is 34.5 Å². The van der Waals surface area contributed by atoms with Gasteiger partial charge in [0.2, 0.25) is 0 Å². The Morgan fingerprint density at radius 1 is 1.23 bits per heavy atom. The molecule has 0 radical (unpaired) electrons. The van der Waals surface area contributed by atoms with Crippen LogP contribution in [-0.2, 0) is 9.13 Å². The van der Waals surface area contributed by atoms with Gasteiger partial charge < -0.3 is 29.2 Å². The van der Waals surface area contributed by atoms with E-state index in [4.69, 9.17) is 19.8 Å². The molecule has 0 rings (SSSR count). The molecule has 7 nitrogen and oxygen atoms in total. The van der Waals surface area contributed by atoms with E-state index in [1.165, 1.54) is 0 Å². The first-order valence-electron chi connectivity index (χ1n) is 2.89. The Bertz CT molecular complexity index is 208. The van der Waals surface area contributed by atoms with Gasteiger partial charge in [-0.25, -0.2) is 0 Å². The van der Waals surface area contributed by atoms with E-state index in [1.807, 2.05) is 0 Å². The molecule has 0 aliphatic rings. The Kier molecular flexibility index (Phi) is 7.67. The number of aliphatic hydroxyl groups is 1. The zero-order valence-electron chi connectivity index (χ0n) is 6.90. The monoisotopic (exact) mass is 242 g/mol. The van der Waals surface area contributed by atoms with E-state index >= 15 is 0 Å². The largest absolute Gasteiger partial charge is 1.00 e. The Morgan fingerprint density at radius 2 is 1.62 bits per heavy atom. The van der Waals surface area contributed by atoms with Gasteiger partial charge in [0, 0.05) is 6.61 Å². The van der Waals surface area contributed by atoms with E-state index in [0.717, 1.165) is 0 Å². The van der Waals surface area contributed by atoms with Gasteiger partial charge in [-0.1, -0.05) is 0 Å². The minimum atomic E-state index is -5.09. The van der Waals surface area contributed by atoms with Crippen LogP contribution in [0, 0.1) is 0 Å². The summed E-state index contributed by atoms with van der Waals surface area (Å²) in [5, 5.41) is 6.05. The van der Waals surface area contributed by atoms with Crippen LogP contribution in [-0.4, -0.2) is 31.8 Å². The first-order chi connectivity index (χ1) is 5.19. The molecule has 74 valence electrons. The first-order valence-corrected chi connectivity index (χ1v) is 6.22. The molecule has 2 unspecified atom stereocenters. The summed E-state index contributed by atoms with van der Waals surface area (Å²) in [4.78, 5) is 35.5. The van der Waals surface area contributed by atoms with E-state index in [2.05, 4.69) is 0 Å². The normalized spacial score (nSPS) is 18.5. The van der Waals surface area contributed by atoms with E-state index in [0.29, 0.717) is 0 Å². The fraction of sp³-hybridized carbons (Fsp3) is 1.00. The Morgan fingerprint density at radius 3 is 1.69 bits per heavy atom. The predicted molar refractivity (Wildman–Crippen MR) is 37.4 cm³/mol. The maximum absolute atomic E-state index is 10.4. The van der Waals surface area contributed by atoms with Gasteiger partial charge in [-0.05, 0) is 6.42 Å². The molecule has 13 heavy (non-hydrogen) atoms. The van der Waals surface area contributed by atoms with Crippen LogP contribution in [0.4, 0.5) is 0 Å². The van der Waals surface area contributed by atoms with Crippen LogP contribution in [0.25, 0.3) is 0 Å². The van der Waals surface area contributed by atoms with E-state index in [-0.39, 0.29) is 29.6 Å². The molecule has 0 aliphatic carbocycles. The maximum Gasteiger partial charge on any atom is 1.00 e. The van der Waals surface area contributed by atoms with Crippen LogP contribution in [0.2, 0.25) is 0 Å². The summed E-state index contributed by atoms with van der Waals surface area (Å²) in [7, 11) is -9.99. The summed E-state index contributed by atoms with van der Waals surface area (Å²) in [5.74, 6) is 0. The SMILES string of the molecule is O=P([O-])(O)C(CCO)P(=O)(O)O.[Na+]. The van der Waals surface area contributed by atoms with Gasteiger partial charge in [-0.3, -0.25) is 4.57 Å². The van der Waals surface area contributed by atoms with Crippen molar-refractivity contribution in [2.45, 2.75) is 11.8 Å². The van der Waals surface area contributed by atoms with Gasteiger partial charge in [0.15, 0.2) is 0 Å². The van der Waals surface area contributed by atoms with Gasteiger partial charge in [0.1, 0.15) is 13.0 Å². The summed E-state index contributed by atoms with van der Waals surface area (Å²) in [5.41, 5.74) is 0. The average Bonchev–Trinajstić information content (AvgIpc) is 1.77. The van der Waals surface area contributed by atoms with Crippen molar-refractivity contribution in [3.63, 3.8) is 0 Å². The van der Waals surface area contributed by atoms with Crippen molar-refractivity contribution in [2.24, 2.45) is 0 Å². The molecule has 0 fully saturated rings. The number of rotatable bonds is 4. The summed E-state index contributed by atoms with van der Waals surface area (Å²) in [6, 6.07) is 0. The van der Waals surface area contributed by atoms with Crippen molar-refractivity contribution in [1.82, 2.24) is 0 Å². The third-order valence-electron chi connectivity index (χ3n) is 1.15. The fourth-order valence-corrected chi connectivity index (χ4v) is 3.05. The molecule has 0 bridgehead atoms. The molecule has 0 heterocycles. The second kappa shape index (κ2) is 5.98. The van der Waals surface area contributed by atoms with E-state index in [1.54, 1.807) is 0 Å². The van der Waals surface area contributed by atoms with Crippen molar-refractivity contribution >= 4 is 15.2 Å². The topological polar surface area (TPSA) is 138 Å². The van der Waals surface area contributed by atoms with Crippen molar-refractivity contribution in [3.05, 3.63) is 0 Å². The predicted octanol–water partition coefficient (Wildman–Crippen LogP) is -4.58. The maximum atomic E-state index is 10.4. The molecule has 0 spiro atoms. The van der Waals surface area contributed by atoms with Gasteiger partial charge in [0.25, 0.3) is 0 Å². The molecule has 0 amide bonds. The third-order valence-corrected chi connectivity index (χ3v) is 4.98. The molecule has 0 saturated heterocycles. The Hall–Kier alpha value is 1.26. The average molecular weight is 242 g/mol. The quantitative estimate of drug-likeness (QED) is 0.287. The summed E-state index contributed by atoms with van der Waals surface area (Å²) >= 11 is 0. The van der Waals surface area contributed by atoms with Crippen molar-refractivity contribution in [3.8, 4) is 0 Å².